The summed E-state index contributed by atoms with van der Waals surface area (Å²) in [6.07, 6.45) is 6.27. The molecule has 4 heterocycles. The number of carbonyl (C=O) groups excluding carboxylic acids is 2. The Morgan fingerprint density at radius 1 is 1.12 bits per heavy atom. The smallest absolute Gasteiger partial charge is 0.256 e. The molecule has 168 valence electrons. The molecule has 0 atom stereocenters. The van der Waals surface area contributed by atoms with Crippen LogP contribution in [0, 0.1) is 12.7 Å². The predicted molar refractivity (Wildman–Crippen MR) is 126 cm³/mol. The number of piperidine rings is 1. The summed E-state index contributed by atoms with van der Waals surface area (Å²) in [6, 6.07) is 2.69. The summed E-state index contributed by atoms with van der Waals surface area (Å²) in [4.78, 5) is 33.6. The van der Waals surface area contributed by atoms with Crippen LogP contribution < -0.4 is 5.32 Å². The number of H-pyrrole nitrogens is 1. The zero-order chi connectivity index (χ0) is 22.4. The molecule has 3 aliphatic rings. The quantitative estimate of drug-likeness (QED) is 0.618. The van der Waals surface area contributed by atoms with Gasteiger partial charge in [0, 0.05) is 47.5 Å². The standard InChI is InChI=1S/C24H26BrFN4O2/c1-14-20(13-17-16-11-15(26)12-18(25)22(16)28-23(17)31)27-19-5-8-30(24(32)21(14)19)10-9-29-6-3-2-4-7-29/h11-13,27H,2-10H2,1H3,(H,28,31)/b17-13-. The number of rotatable bonds is 4. The van der Waals surface area contributed by atoms with Gasteiger partial charge in [-0.05, 0) is 72.6 Å². The van der Waals surface area contributed by atoms with Gasteiger partial charge in [0.2, 0.25) is 0 Å². The van der Waals surface area contributed by atoms with Crippen molar-refractivity contribution in [1.82, 2.24) is 14.8 Å². The minimum absolute atomic E-state index is 0.0479. The number of amides is 2. The maximum Gasteiger partial charge on any atom is 0.256 e. The molecule has 0 aliphatic carbocycles. The van der Waals surface area contributed by atoms with E-state index in [-0.39, 0.29) is 11.8 Å². The number of carbonyl (C=O) groups is 2. The Hall–Kier alpha value is -2.45. The third-order valence-corrected chi connectivity index (χ3v) is 7.38. The highest BCUT2D eigenvalue weighted by molar-refractivity contribution is 9.10. The second kappa shape index (κ2) is 8.48. The van der Waals surface area contributed by atoms with Crippen LogP contribution in [0.1, 0.15) is 52.1 Å². The van der Waals surface area contributed by atoms with Gasteiger partial charge >= 0.3 is 0 Å². The van der Waals surface area contributed by atoms with E-state index in [2.05, 4.69) is 31.1 Å². The second-order valence-electron chi connectivity index (χ2n) is 8.78. The summed E-state index contributed by atoms with van der Waals surface area (Å²) in [5.74, 6) is -0.653. The number of nitrogens with zero attached hydrogens (tertiary/aromatic N) is 2. The summed E-state index contributed by atoms with van der Waals surface area (Å²) in [5, 5.41) is 2.79. The number of halogens is 2. The number of hydrogen-bond donors (Lipinski definition) is 2. The second-order valence-corrected chi connectivity index (χ2v) is 9.64. The maximum atomic E-state index is 14.0. The monoisotopic (exact) mass is 500 g/mol. The van der Waals surface area contributed by atoms with Crippen LogP contribution in [0.5, 0.6) is 0 Å². The first-order valence-electron chi connectivity index (χ1n) is 11.2. The van der Waals surface area contributed by atoms with Gasteiger partial charge in [0.1, 0.15) is 5.82 Å². The highest BCUT2D eigenvalue weighted by Gasteiger charge is 2.31. The third kappa shape index (κ3) is 3.79. The van der Waals surface area contributed by atoms with E-state index in [1.165, 1.54) is 31.4 Å². The third-order valence-electron chi connectivity index (χ3n) is 6.75. The Morgan fingerprint density at radius 2 is 1.91 bits per heavy atom. The Kier molecular flexibility index (Phi) is 5.67. The molecule has 0 spiro atoms. The van der Waals surface area contributed by atoms with Gasteiger partial charge in [0.05, 0.1) is 16.8 Å². The number of hydrogen-bond acceptors (Lipinski definition) is 3. The molecule has 1 aromatic heterocycles. The van der Waals surface area contributed by atoms with Crippen molar-refractivity contribution in [3.63, 3.8) is 0 Å². The lowest BCUT2D eigenvalue weighted by Crippen LogP contribution is -2.43. The SMILES string of the molecule is Cc1c(/C=C2\C(=O)Nc3c(Br)cc(F)cc32)[nH]c2c1C(=O)N(CCN1CCCCC1)CC2. The number of aromatic amines is 1. The largest absolute Gasteiger partial charge is 0.358 e. The molecule has 1 fully saturated rings. The molecule has 3 aliphatic heterocycles. The lowest BCUT2D eigenvalue weighted by Gasteiger charge is -2.32. The van der Waals surface area contributed by atoms with Crippen molar-refractivity contribution in [3.05, 3.63) is 50.5 Å². The minimum Gasteiger partial charge on any atom is -0.358 e. The highest BCUT2D eigenvalue weighted by Crippen LogP contribution is 2.39. The van der Waals surface area contributed by atoms with Gasteiger partial charge in [-0.25, -0.2) is 4.39 Å². The van der Waals surface area contributed by atoms with Crippen molar-refractivity contribution >= 4 is 45.1 Å². The summed E-state index contributed by atoms with van der Waals surface area (Å²) in [5.41, 5.74) is 4.64. The summed E-state index contributed by atoms with van der Waals surface area (Å²) in [6.45, 7) is 6.49. The number of benzene rings is 1. The molecule has 6 nitrogen and oxygen atoms in total. The van der Waals surface area contributed by atoms with E-state index in [1.54, 1.807) is 6.08 Å². The fourth-order valence-electron chi connectivity index (χ4n) is 4.97. The molecule has 8 heteroatoms. The Bertz CT molecular complexity index is 1130. The van der Waals surface area contributed by atoms with Gasteiger partial charge in [-0.3, -0.25) is 9.59 Å². The van der Waals surface area contributed by atoms with Crippen molar-refractivity contribution in [2.45, 2.75) is 32.6 Å². The fourth-order valence-corrected chi connectivity index (χ4v) is 5.50. The van der Waals surface area contributed by atoms with Gasteiger partial charge < -0.3 is 20.1 Å². The Morgan fingerprint density at radius 3 is 2.69 bits per heavy atom. The van der Waals surface area contributed by atoms with Crippen molar-refractivity contribution in [2.75, 3.05) is 38.0 Å². The lowest BCUT2D eigenvalue weighted by atomic mass is 10.0. The first-order valence-corrected chi connectivity index (χ1v) is 12.0. The zero-order valence-electron chi connectivity index (χ0n) is 18.1. The van der Waals surface area contributed by atoms with Crippen molar-refractivity contribution in [1.29, 1.82) is 0 Å². The van der Waals surface area contributed by atoms with E-state index in [0.29, 0.717) is 33.4 Å². The van der Waals surface area contributed by atoms with Crippen LogP contribution in [-0.2, 0) is 11.2 Å². The fraction of sp³-hybridized carbons (Fsp3) is 0.417. The van der Waals surface area contributed by atoms with Crippen molar-refractivity contribution in [2.24, 2.45) is 0 Å². The normalized spacial score (nSPS) is 20.0. The number of fused-ring (bicyclic) bond motifs is 2. The topological polar surface area (TPSA) is 68.4 Å². The molecule has 0 unspecified atom stereocenters. The average molecular weight is 501 g/mol. The molecule has 0 bridgehead atoms. The van der Waals surface area contributed by atoms with Crippen LogP contribution in [-0.4, -0.2) is 59.3 Å². The molecule has 0 radical (unpaired) electrons. The van der Waals surface area contributed by atoms with Crippen LogP contribution in [0.2, 0.25) is 0 Å². The first kappa shape index (κ1) is 21.4. The molecule has 1 aromatic carbocycles. The molecule has 2 aromatic rings. The van der Waals surface area contributed by atoms with Crippen LogP contribution in [0.3, 0.4) is 0 Å². The first-order chi connectivity index (χ1) is 15.4. The van der Waals surface area contributed by atoms with Crippen molar-refractivity contribution < 1.29 is 14.0 Å². The average Bonchev–Trinajstić information content (AvgIpc) is 3.26. The Balaban J connectivity index is 1.40. The number of nitrogens with one attached hydrogen (secondary N) is 2. The van der Waals surface area contributed by atoms with E-state index in [1.807, 2.05) is 11.8 Å². The van der Waals surface area contributed by atoms with E-state index < -0.39 is 5.82 Å². The van der Waals surface area contributed by atoms with E-state index in [0.717, 1.165) is 49.6 Å². The maximum absolute atomic E-state index is 14.0. The summed E-state index contributed by atoms with van der Waals surface area (Å²) >= 11 is 3.31. The summed E-state index contributed by atoms with van der Waals surface area (Å²) in [7, 11) is 0. The van der Waals surface area contributed by atoms with Gasteiger partial charge in [-0.15, -0.1) is 0 Å². The number of likely N-dealkylation sites (tertiary alicyclic amines) is 1. The van der Waals surface area contributed by atoms with E-state index in [4.69, 9.17) is 0 Å². The van der Waals surface area contributed by atoms with Gasteiger partial charge in [-0.1, -0.05) is 6.42 Å². The minimum atomic E-state index is -0.417. The molecule has 2 N–H and O–H groups in total. The van der Waals surface area contributed by atoms with E-state index in [9.17, 15) is 14.0 Å². The molecule has 5 rings (SSSR count). The number of anilines is 1. The molecule has 0 saturated carbocycles. The molecular formula is C24H26BrFN4O2. The van der Waals surface area contributed by atoms with Crippen LogP contribution in [0.4, 0.5) is 10.1 Å². The molecule has 2 amide bonds. The molecule has 32 heavy (non-hydrogen) atoms. The summed E-state index contributed by atoms with van der Waals surface area (Å²) < 4.78 is 14.5. The predicted octanol–water partition coefficient (Wildman–Crippen LogP) is 4.20. The lowest BCUT2D eigenvalue weighted by molar-refractivity contribution is -0.110. The number of aromatic nitrogens is 1. The van der Waals surface area contributed by atoms with Crippen LogP contribution in [0.15, 0.2) is 16.6 Å². The highest BCUT2D eigenvalue weighted by atomic mass is 79.9. The van der Waals surface area contributed by atoms with Gasteiger partial charge in [-0.2, -0.15) is 0 Å². The molecule has 1 saturated heterocycles. The van der Waals surface area contributed by atoms with Gasteiger partial charge in [0.15, 0.2) is 0 Å². The molecular weight excluding hydrogens is 475 g/mol. The van der Waals surface area contributed by atoms with E-state index >= 15 is 0 Å². The Labute approximate surface area is 195 Å². The van der Waals surface area contributed by atoms with Crippen LogP contribution in [0.25, 0.3) is 11.6 Å². The van der Waals surface area contributed by atoms with Gasteiger partial charge in [0.25, 0.3) is 11.8 Å². The van der Waals surface area contributed by atoms with Crippen LogP contribution >= 0.6 is 15.9 Å². The van der Waals surface area contributed by atoms with Crippen molar-refractivity contribution in [3.8, 4) is 0 Å². The zero-order valence-corrected chi connectivity index (χ0v) is 19.6.